The second kappa shape index (κ2) is 6.45. The lowest BCUT2D eigenvalue weighted by Crippen LogP contribution is -1.98. The molecule has 2 aromatic carbocycles. The SMILES string of the molecule is Cc1cc(N/N=C/c2ccccc2[N+](=O)[O-])c2cccc(C)c2n1. The summed E-state index contributed by atoms with van der Waals surface area (Å²) in [6.07, 6.45) is 1.45. The minimum absolute atomic E-state index is 0.0228. The summed E-state index contributed by atoms with van der Waals surface area (Å²) in [5.41, 5.74) is 7.14. The van der Waals surface area contributed by atoms with Gasteiger partial charge >= 0.3 is 0 Å². The standard InChI is InChI=1S/C18H16N4O2/c1-12-6-5-8-15-16(10-13(2)20-18(12)15)21-19-11-14-7-3-4-9-17(14)22(23)24/h3-11H,1-2H3,(H,20,21)/b19-11+. The highest BCUT2D eigenvalue weighted by atomic mass is 16.6. The molecule has 0 aliphatic rings. The van der Waals surface area contributed by atoms with Crippen molar-refractivity contribution in [2.75, 3.05) is 5.43 Å². The van der Waals surface area contributed by atoms with Crippen LogP contribution in [0.5, 0.6) is 0 Å². The molecule has 0 bridgehead atoms. The molecule has 120 valence electrons. The van der Waals surface area contributed by atoms with Gasteiger partial charge in [-0.15, -0.1) is 0 Å². The zero-order valence-corrected chi connectivity index (χ0v) is 13.4. The van der Waals surface area contributed by atoms with Gasteiger partial charge in [-0.05, 0) is 31.5 Å². The van der Waals surface area contributed by atoms with Gasteiger partial charge in [-0.1, -0.05) is 30.3 Å². The van der Waals surface area contributed by atoms with E-state index in [2.05, 4.69) is 15.5 Å². The van der Waals surface area contributed by atoms with Gasteiger partial charge in [0, 0.05) is 17.1 Å². The van der Waals surface area contributed by atoms with Crippen LogP contribution in [-0.4, -0.2) is 16.1 Å². The molecule has 0 fully saturated rings. The predicted octanol–water partition coefficient (Wildman–Crippen LogP) is 4.21. The third kappa shape index (κ3) is 3.08. The number of aromatic nitrogens is 1. The molecule has 0 radical (unpaired) electrons. The Kier molecular flexibility index (Phi) is 4.20. The van der Waals surface area contributed by atoms with Crippen LogP contribution >= 0.6 is 0 Å². The molecule has 3 rings (SSSR count). The van der Waals surface area contributed by atoms with E-state index >= 15 is 0 Å². The van der Waals surface area contributed by atoms with Gasteiger partial charge in [0.2, 0.25) is 0 Å². The molecule has 6 heteroatoms. The molecular weight excluding hydrogens is 304 g/mol. The number of rotatable bonds is 4. The van der Waals surface area contributed by atoms with E-state index in [1.165, 1.54) is 12.3 Å². The van der Waals surface area contributed by atoms with E-state index in [1.54, 1.807) is 18.2 Å². The maximum atomic E-state index is 11.0. The van der Waals surface area contributed by atoms with Gasteiger partial charge in [0.25, 0.3) is 5.69 Å². The van der Waals surface area contributed by atoms with Gasteiger partial charge in [-0.2, -0.15) is 5.10 Å². The van der Waals surface area contributed by atoms with Crippen LogP contribution in [0, 0.1) is 24.0 Å². The fourth-order valence-corrected chi connectivity index (χ4v) is 2.55. The van der Waals surface area contributed by atoms with Crippen LogP contribution in [0.1, 0.15) is 16.8 Å². The number of fused-ring (bicyclic) bond motifs is 1. The van der Waals surface area contributed by atoms with E-state index in [0.717, 1.165) is 27.8 Å². The first-order valence-electron chi connectivity index (χ1n) is 7.46. The molecular formula is C18H16N4O2. The van der Waals surface area contributed by atoms with Crippen LogP contribution in [0.2, 0.25) is 0 Å². The minimum Gasteiger partial charge on any atom is -0.278 e. The summed E-state index contributed by atoms with van der Waals surface area (Å²) in [6, 6.07) is 14.3. The Hall–Kier alpha value is -3.28. The van der Waals surface area contributed by atoms with Gasteiger partial charge in [-0.3, -0.25) is 20.5 Å². The van der Waals surface area contributed by atoms with Crippen molar-refractivity contribution < 1.29 is 4.92 Å². The van der Waals surface area contributed by atoms with Gasteiger partial charge < -0.3 is 0 Å². The van der Waals surface area contributed by atoms with Crippen molar-refractivity contribution in [3.8, 4) is 0 Å². The molecule has 0 aliphatic carbocycles. The van der Waals surface area contributed by atoms with Crippen molar-refractivity contribution in [2.24, 2.45) is 5.10 Å². The molecule has 0 amide bonds. The number of nitro benzene ring substituents is 1. The van der Waals surface area contributed by atoms with Gasteiger partial charge in [0.05, 0.1) is 27.9 Å². The summed E-state index contributed by atoms with van der Waals surface area (Å²) >= 11 is 0. The monoisotopic (exact) mass is 320 g/mol. The molecule has 1 heterocycles. The van der Waals surface area contributed by atoms with Crippen LogP contribution < -0.4 is 5.43 Å². The van der Waals surface area contributed by atoms with Gasteiger partial charge in [0.15, 0.2) is 0 Å². The van der Waals surface area contributed by atoms with E-state index < -0.39 is 4.92 Å². The number of pyridine rings is 1. The van der Waals surface area contributed by atoms with E-state index in [-0.39, 0.29) is 5.69 Å². The van der Waals surface area contributed by atoms with E-state index in [0.29, 0.717) is 5.56 Å². The summed E-state index contributed by atoms with van der Waals surface area (Å²) in [7, 11) is 0. The van der Waals surface area contributed by atoms with Crippen molar-refractivity contribution >= 4 is 28.5 Å². The second-order valence-corrected chi connectivity index (χ2v) is 5.47. The summed E-state index contributed by atoms with van der Waals surface area (Å²) in [6.45, 7) is 3.93. The van der Waals surface area contributed by atoms with Crippen LogP contribution in [0.15, 0.2) is 53.6 Å². The minimum atomic E-state index is -0.420. The highest BCUT2D eigenvalue weighted by molar-refractivity contribution is 5.94. The Morgan fingerprint density at radius 1 is 1.17 bits per heavy atom. The molecule has 1 N–H and O–H groups in total. The van der Waals surface area contributed by atoms with Crippen molar-refractivity contribution in [3.63, 3.8) is 0 Å². The fraction of sp³-hybridized carbons (Fsp3) is 0.111. The molecule has 0 spiro atoms. The Morgan fingerprint density at radius 3 is 2.75 bits per heavy atom. The summed E-state index contributed by atoms with van der Waals surface area (Å²) in [5.74, 6) is 0. The highest BCUT2D eigenvalue weighted by Crippen LogP contribution is 2.25. The first-order valence-corrected chi connectivity index (χ1v) is 7.46. The topological polar surface area (TPSA) is 80.4 Å². The number of nitro groups is 1. The summed E-state index contributed by atoms with van der Waals surface area (Å²) in [5, 5.41) is 16.2. The third-order valence-electron chi connectivity index (χ3n) is 3.69. The highest BCUT2D eigenvalue weighted by Gasteiger charge is 2.10. The maximum absolute atomic E-state index is 11.0. The first-order chi connectivity index (χ1) is 11.6. The molecule has 0 aliphatic heterocycles. The lowest BCUT2D eigenvalue weighted by molar-refractivity contribution is -0.385. The molecule has 3 aromatic rings. The molecule has 0 saturated carbocycles. The Morgan fingerprint density at radius 2 is 1.96 bits per heavy atom. The lowest BCUT2D eigenvalue weighted by Gasteiger charge is -2.08. The number of nitrogens with zero attached hydrogens (tertiary/aromatic N) is 3. The Labute approximate surface area is 139 Å². The average molecular weight is 320 g/mol. The third-order valence-corrected chi connectivity index (χ3v) is 3.69. The number of hydrazone groups is 1. The molecule has 0 saturated heterocycles. The summed E-state index contributed by atoms with van der Waals surface area (Å²) < 4.78 is 0. The Balaban J connectivity index is 1.94. The largest absolute Gasteiger partial charge is 0.278 e. The lowest BCUT2D eigenvalue weighted by atomic mass is 10.1. The molecule has 1 aromatic heterocycles. The van der Waals surface area contributed by atoms with Gasteiger partial charge in [0.1, 0.15) is 0 Å². The second-order valence-electron chi connectivity index (χ2n) is 5.47. The first kappa shape index (κ1) is 15.6. The average Bonchev–Trinajstić information content (AvgIpc) is 2.56. The van der Waals surface area contributed by atoms with Crippen LogP contribution in [0.25, 0.3) is 10.9 Å². The van der Waals surface area contributed by atoms with E-state index in [1.807, 2.05) is 38.1 Å². The molecule has 24 heavy (non-hydrogen) atoms. The normalized spacial score (nSPS) is 11.1. The van der Waals surface area contributed by atoms with Gasteiger partial charge in [-0.25, -0.2) is 0 Å². The van der Waals surface area contributed by atoms with Crippen molar-refractivity contribution in [2.45, 2.75) is 13.8 Å². The zero-order valence-electron chi connectivity index (χ0n) is 13.4. The number of aryl methyl sites for hydroxylation is 2. The number of benzene rings is 2. The molecule has 0 unspecified atom stereocenters. The number of hydrogen-bond acceptors (Lipinski definition) is 5. The van der Waals surface area contributed by atoms with Crippen molar-refractivity contribution in [3.05, 3.63) is 75.5 Å². The van der Waals surface area contributed by atoms with Crippen molar-refractivity contribution in [1.82, 2.24) is 4.98 Å². The predicted molar refractivity (Wildman–Crippen MR) is 95.5 cm³/mol. The molecule has 6 nitrogen and oxygen atoms in total. The zero-order chi connectivity index (χ0) is 17.1. The fourth-order valence-electron chi connectivity index (χ4n) is 2.55. The van der Waals surface area contributed by atoms with Crippen molar-refractivity contribution in [1.29, 1.82) is 0 Å². The van der Waals surface area contributed by atoms with Crippen LogP contribution in [0.4, 0.5) is 11.4 Å². The number of para-hydroxylation sites is 2. The van der Waals surface area contributed by atoms with E-state index in [9.17, 15) is 10.1 Å². The van der Waals surface area contributed by atoms with E-state index in [4.69, 9.17) is 0 Å². The number of hydrogen-bond donors (Lipinski definition) is 1. The summed E-state index contributed by atoms with van der Waals surface area (Å²) in [4.78, 5) is 15.2. The maximum Gasteiger partial charge on any atom is 0.278 e. The Bertz CT molecular complexity index is 951. The van der Waals surface area contributed by atoms with Crippen LogP contribution in [0.3, 0.4) is 0 Å². The van der Waals surface area contributed by atoms with Crippen LogP contribution in [-0.2, 0) is 0 Å². The molecule has 0 atom stereocenters. The number of nitrogens with one attached hydrogen (secondary N) is 1. The quantitative estimate of drug-likeness (QED) is 0.443. The smallest absolute Gasteiger partial charge is 0.278 e. The number of anilines is 1.